The van der Waals surface area contributed by atoms with E-state index in [9.17, 15) is 4.79 Å². The fraction of sp³-hybridized carbons (Fsp3) is 0.409. The lowest BCUT2D eigenvalue weighted by atomic mass is 10.1. The Morgan fingerprint density at radius 2 is 1.65 bits per heavy atom. The number of nitrogens with one attached hydrogen (secondary N) is 1. The van der Waals surface area contributed by atoms with E-state index in [1.54, 1.807) is 0 Å². The Labute approximate surface area is 156 Å². The number of carbonyl (C=O) groups is 1. The second-order valence-electron chi connectivity index (χ2n) is 6.49. The van der Waals surface area contributed by atoms with E-state index in [-0.39, 0.29) is 11.9 Å². The van der Waals surface area contributed by atoms with E-state index in [1.165, 1.54) is 5.56 Å². The summed E-state index contributed by atoms with van der Waals surface area (Å²) < 4.78 is 11.4. The summed E-state index contributed by atoms with van der Waals surface area (Å²) >= 11 is 0. The van der Waals surface area contributed by atoms with Crippen LogP contribution in [0.2, 0.25) is 0 Å². The van der Waals surface area contributed by atoms with Crippen molar-refractivity contribution in [1.29, 1.82) is 0 Å². The molecule has 0 saturated heterocycles. The highest BCUT2D eigenvalue weighted by molar-refractivity contribution is 5.81. The van der Waals surface area contributed by atoms with Crippen LogP contribution in [-0.2, 0) is 4.79 Å². The maximum Gasteiger partial charge on any atom is 0.261 e. The summed E-state index contributed by atoms with van der Waals surface area (Å²) in [5, 5.41) is 3.04. The lowest BCUT2D eigenvalue weighted by molar-refractivity contribution is -0.128. The van der Waals surface area contributed by atoms with Gasteiger partial charge in [0.25, 0.3) is 5.91 Å². The first kappa shape index (κ1) is 19.8. The topological polar surface area (TPSA) is 47.6 Å². The number of hydrogen-bond acceptors (Lipinski definition) is 3. The molecule has 0 bridgehead atoms. The van der Waals surface area contributed by atoms with Crippen LogP contribution in [0.5, 0.6) is 11.5 Å². The lowest BCUT2D eigenvalue weighted by Crippen LogP contribution is -2.39. The third-order valence-corrected chi connectivity index (χ3v) is 4.47. The Balaban J connectivity index is 1.99. The SMILES string of the molecule is CCOc1ccc([C@H](C)NC(=O)[C@@H](CC)Oc2ccc(C)c(C)c2)cc1. The Hall–Kier alpha value is -2.49. The van der Waals surface area contributed by atoms with E-state index in [4.69, 9.17) is 9.47 Å². The van der Waals surface area contributed by atoms with Gasteiger partial charge in [0.15, 0.2) is 6.10 Å². The van der Waals surface area contributed by atoms with Crippen LogP contribution in [0.3, 0.4) is 0 Å². The molecule has 2 aromatic rings. The van der Waals surface area contributed by atoms with E-state index in [1.807, 2.05) is 70.2 Å². The minimum atomic E-state index is -0.512. The molecular weight excluding hydrogens is 326 g/mol. The van der Waals surface area contributed by atoms with Gasteiger partial charge in [-0.15, -0.1) is 0 Å². The zero-order valence-electron chi connectivity index (χ0n) is 16.3. The van der Waals surface area contributed by atoms with Crippen molar-refractivity contribution >= 4 is 5.91 Å². The van der Waals surface area contributed by atoms with Crippen LogP contribution in [-0.4, -0.2) is 18.6 Å². The van der Waals surface area contributed by atoms with Gasteiger partial charge >= 0.3 is 0 Å². The average molecular weight is 355 g/mol. The van der Waals surface area contributed by atoms with Gasteiger partial charge < -0.3 is 14.8 Å². The Kier molecular flexibility index (Phi) is 7.07. The van der Waals surface area contributed by atoms with E-state index in [2.05, 4.69) is 12.2 Å². The minimum Gasteiger partial charge on any atom is -0.494 e. The van der Waals surface area contributed by atoms with Gasteiger partial charge in [0.2, 0.25) is 0 Å². The molecule has 26 heavy (non-hydrogen) atoms. The van der Waals surface area contributed by atoms with Gasteiger partial charge in [-0.1, -0.05) is 25.1 Å². The monoisotopic (exact) mass is 355 g/mol. The summed E-state index contributed by atoms with van der Waals surface area (Å²) in [6.45, 7) is 10.6. The highest BCUT2D eigenvalue weighted by atomic mass is 16.5. The smallest absolute Gasteiger partial charge is 0.261 e. The summed E-state index contributed by atoms with van der Waals surface area (Å²) in [7, 11) is 0. The van der Waals surface area contributed by atoms with E-state index in [0.29, 0.717) is 13.0 Å². The first-order chi connectivity index (χ1) is 12.4. The molecule has 0 aromatic heterocycles. The molecule has 140 valence electrons. The summed E-state index contributed by atoms with van der Waals surface area (Å²) in [5.41, 5.74) is 3.39. The Bertz CT molecular complexity index is 725. The highest BCUT2D eigenvalue weighted by Crippen LogP contribution is 2.20. The number of aryl methyl sites for hydroxylation is 2. The average Bonchev–Trinajstić information content (AvgIpc) is 2.63. The van der Waals surface area contributed by atoms with Crippen molar-refractivity contribution in [2.75, 3.05) is 6.61 Å². The first-order valence-electron chi connectivity index (χ1n) is 9.21. The van der Waals surface area contributed by atoms with Crippen molar-refractivity contribution in [3.05, 3.63) is 59.2 Å². The van der Waals surface area contributed by atoms with Crippen molar-refractivity contribution in [3.8, 4) is 11.5 Å². The third kappa shape index (κ3) is 5.25. The summed E-state index contributed by atoms with van der Waals surface area (Å²) in [6.07, 6.45) is 0.0941. The van der Waals surface area contributed by atoms with Crippen LogP contribution in [0.15, 0.2) is 42.5 Å². The van der Waals surface area contributed by atoms with Gasteiger partial charge in [0.05, 0.1) is 12.6 Å². The zero-order chi connectivity index (χ0) is 19.1. The molecule has 2 atom stereocenters. The predicted molar refractivity (Wildman–Crippen MR) is 105 cm³/mol. The van der Waals surface area contributed by atoms with Crippen molar-refractivity contribution in [2.45, 2.75) is 53.2 Å². The fourth-order valence-corrected chi connectivity index (χ4v) is 2.68. The van der Waals surface area contributed by atoms with Crippen molar-refractivity contribution < 1.29 is 14.3 Å². The third-order valence-electron chi connectivity index (χ3n) is 4.47. The van der Waals surface area contributed by atoms with Crippen LogP contribution >= 0.6 is 0 Å². The molecule has 0 unspecified atom stereocenters. The number of benzene rings is 2. The molecule has 0 radical (unpaired) electrons. The molecule has 1 amide bonds. The lowest BCUT2D eigenvalue weighted by Gasteiger charge is -2.21. The molecule has 4 nitrogen and oxygen atoms in total. The minimum absolute atomic E-state index is 0.101. The number of hydrogen-bond donors (Lipinski definition) is 1. The molecule has 0 spiro atoms. The highest BCUT2D eigenvalue weighted by Gasteiger charge is 2.21. The summed E-state index contributed by atoms with van der Waals surface area (Å²) in [5.74, 6) is 1.45. The van der Waals surface area contributed by atoms with Crippen LogP contribution in [0, 0.1) is 13.8 Å². The van der Waals surface area contributed by atoms with Crippen LogP contribution in [0.25, 0.3) is 0 Å². The number of ether oxygens (including phenoxy) is 2. The van der Waals surface area contributed by atoms with Crippen molar-refractivity contribution in [3.63, 3.8) is 0 Å². The van der Waals surface area contributed by atoms with Gasteiger partial charge in [-0.2, -0.15) is 0 Å². The normalized spacial score (nSPS) is 13.0. The summed E-state index contributed by atoms with van der Waals surface area (Å²) in [6, 6.07) is 13.6. The molecule has 0 aliphatic rings. The maximum absolute atomic E-state index is 12.6. The molecule has 2 rings (SSSR count). The molecule has 0 aliphatic carbocycles. The van der Waals surface area contributed by atoms with Crippen LogP contribution in [0.4, 0.5) is 0 Å². The number of rotatable bonds is 8. The van der Waals surface area contributed by atoms with Gasteiger partial charge in [-0.25, -0.2) is 0 Å². The molecular formula is C22H29NO3. The van der Waals surface area contributed by atoms with Gasteiger partial charge in [0, 0.05) is 0 Å². The number of amides is 1. The largest absolute Gasteiger partial charge is 0.494 e. The van der Waals surface area contributed by atoms with Gasteiger partial charge in [-0.05, 0) is 75.1 Å². The van der Waals surface area contributed by atoms with E-state index < -0.39 is 6.10 Å². The zero-order valence-corrected chi connectivity index (χ0v) is 16.3. The van der Waals surface area contributed by atoms with E-state index in [0.717, 1.165) is 22.6 Å². The molecule has 1 N–H and O–H groups in total. The standard InChI is InChI=1S/C22H29NO3/c1-6-21(26-20-11-8-15(3)16(4)14-20)22(24)23-17(5)18-9-12-19(13-10-18)25-7-2/h8-14,17,21H,6-7H2,1-5H3,(H,23,24)/t17-,21+/m0/s1. The molecule has 0 fully saturated rings. The fourth-order valence-electron chi connectivity index (χ4n) is 2.68. The number of carbonyl (C=O) groups excluding carboxylic acids is 1. The Morgan fingerprint density at radius 3 is 2.23 bits per heavy atom. The first-order valence-corrected chi connectivity index (χ1v) is 9.21. The quantitative estimate of drug-likeness (QED) is 0.744. The van der Waals surface area contributed by atoms with Crippen LogP contribution < -0.4 is 14.8 Å². The molecule has 2 aromatic carbocycles. The maximum atomic E-state index is 12.6. The van der Waals surface area contributed by atoms with Gasteiger partial charge in [-0.3, -0.25) is 4.79 Å². The second kappa shape index (κ2) is 9.27. The molecule has 0 heterocycles. The summed E-state index contributed by atoms with van der Waals surface area (Å²) in [4.78, 5) is 12.6. The van der Waals surface area contributed by atoms with E-state index >= 15 is 0 Å². The van der Waals surface area contributed by atoms with Gasteiger partial charge in [0.1, 0.15) is 11.5 Å². The molecule has 0 aliphatic heterocycles. The predicted octanol–water partition coefficient (Wildman–Crippen LogP) is 4.74. The Morgan fingerprint density at radius 1 is 1.00 bits per heavy atom. The molecule has 4 heteroatoms. The van der Waals surface area contributed by atoms with Crippen molar-refractivity contribution in [2.24, 2.45) is 0 Å². The van der Waals surface area contributed by atoms with Crippen LogP contribution in [0.1, 0.15) is 49.9 Å². The molecule has 0 saturated carbocycles. The van der Waals surface area contributed by atoms with Crippen molar-refractivity contribution in [1.82, 2.24) is 5.32 Å². The second-order valence-corrected chi connectivity index (χ2v) is 6.49.